The Morgan fingerprint density at radius 1 is 1.24 bits per heavy atom. The number of primary amides is 1. The molecule has 1 aliphatic heterocycles. The van der Waals surface area contributed by atoms with Crippen molar-refractivity contribution < 1.29 is 19.1 Å². The van der Waals surface area contributed by atoms with Crippen LogP contribution in [0.1, 0.15) is 38.2 Å². The van der Waals surface area contributed by atoms with Crippen LogP contribution < -0.4 is 11.1 Å². The van der Waals surface area contributed by atoms with E-state index in [0.29, 0.717) is 25.7 Å². The van der Waals surface area contributed by atoms with Crippen molar-refractivity contribution in [2.24, 2.45) is 11.1 Å². The average Bonchev–Trinajstić information content (AvgIpc) is 3.03. The summed E-state index contributed by atoms with van der Waals surface area (Å²) in [5.74, 6) is -0.773. The molecular formula is C22H33N3O4. The predicted octanol–water partition coefficient (Wildman–Crippen LogP) is 1.30. The number of benzene rings is 1. The minimum atomic E-state index is -0.784. The fourth-order valence-corrected chi connectivity index (χ4v) is 3.46. The highest BCUT2D eigenvalue weighted by atomic mass is 16.5. The molecule has 7 heteroatoms. The Morgan fingerprint density at radius 2 is 1.93 bits per heavy atom. The van der Waals surface area contributed by atoms with Crippen molar-refractivity contribution in [3.05, 3.63) is 35.9 Å². The molecule has 0 saturated carbocycles. The number of ketones is 1. The number of hydrogen-bond donors (Lipinski definition) is 2. The molecule has 3 N–H and O–H groups in total. The second-order valence-electron chi connectivity index (χ2n) is 8.36. The molecule has 0 spiro atoms. The molecule has 2 rings (SSSR count). The van der Waals surface area contributed by atoms with E-state index < -0.39 is 17.4 Å². The maximum Gasteiger partial charge on any atom is 0.223 e. The lowest BCUT2D eigenvalue weighted by Crippen LogP contribution is -2.46. The van der Waals surface area contributed by atoms with Crippen LogP contribution in [0.25, 0.3) is 0 Å². The number of nitrogens with one attached hydrogen (secondary N) is 1. The normalized spacial score (nSPS) is 21.2. The van der Waals surface area contributed by atoms with Gasteiger partial charge in [-0.2, -0.15) is 0 Å². The van der Waals surface area contributed by atoms with Gasteiger partial charge in [0.2, 0.25) is 11.8 Å². The number of Topliss-reactive ketones (excluding diaryl/α,β-unsaturated/α-hetero) is 1. The molecule has 1 saturated heterocycles. The van der Waals surface area contributed by atoms with Crippen LogP contribution in [0.15, 0.2) is 30.3 Å². The molecule has 1 aromatic carbocycles. The zero-order valence-electron chi connectivity index (χ0n) is 17.6. The number of nitrogens with zero attached hydrogens (tertiary/aromatic N) is 1. The summed E-state index contributed by atoms with van der Waals surface area (Å²) >= 11 is 0. The highest BCUT2D eigenvalue weighted by Crippen LogP contribution is 2.29. The fourth-order valence-electron chi connectivity index (χ4n) is 3.46. The van der Waals surface area contributed by atoms with Crippen LogP contribution in [0.2, 0.25) is 0 Å². The standard InChI is InChI=1S/C22H33N3O4/c1-22(21(23)28,12-9-16-7-5-4-6-8-16)13-10-19(27)24-20-17(26)15-29-18(20)11-14-25(2)3/h4-8,18,20H,9-15H2,1-3H3,(H2,23,28)(H,24,27). The molecule has 3 atom stereocenters. The summed E-state index contributed by atoms with van der Waals surface area (Å²) in [4.78, 5) is 38.7. The molecule has 0 radical (unpaired) electrons. The summed E-state index contributed by atoms with van der Waals surface area (Å²) in [7, 11) is 3.90. The Kier molecular flexibility index (Phi) is 8.34. The minimum Gasteiger partial charge on any atom is -0.369 e. The third-order valence-corrected chi connectivity index (χ3v) is 5.64. The Labute approximate surface area is 173 Å². The number of carbonyl (C=O) groups excluding carboxylic acids is 3. The van der Waals surface area contributed by atoms with Crippen LogP contribution >= 0.6 is 0 Å². The first-order chi connectivity index (χ1) is 13.7. The molecule has 1 heterocycles. The molecule has 1 aromatic rings. The average molecular weight is 404 g/mol. The van der Waals surface area contributed by atoms with Gasteiger partial charge < -0.3 is 20.7 Å². The fraction of sp³-hybridized carbons (Fsp3) is 0.591. The van der Waals surface area contributed by atoms with Gasteiger partial charge in [-0.25, -0.2) is 0 Å². The van der Waals surface area contributed by atoms with Crippen LogP contribution in [0.4, 0.5) is 0 Å². The van der Waals surface area contributed by atoms with Crippen molar-refractivity contribution >= 4 is 17.6 Å². The third-order valence-electron chi connectivity index (χ3n) is 5.64. The van der Waals surface area contributed by atoms with Gasteiger partial charge in [0.25, 0.3) is 0 Å². The summed E-state index contributed by atoms with van der Waals surface area (Å²) < 4.78 is 5.54. The van der Waals surface area contributed by atoms with Gasteiger partial charge in [-0.15, -0.1) is 0 Å². The SMILES string of the molecule is CN(C)CCC1OCC(=O)C1NC(=O)CCC(C)(CCc1ccccc1)C(N)=O. The third kappa shape index (κ3) is 6.94. The van der Waals surface area contributed by atoms with Crippen molar-refractivity contribution in [2.45, 2.75) is 51.2 Å². The zero-order valence-corrected chi connectivity index (χ0v) is 17.6. The summed E-state index contributed by atoms with van der Waals surface area (Å²) in [6.45, 7) is 2.60. The van der Waals surface area contributed by atoms with Crippen molar-refractivity contribution in [3.63, 3.8) is 0 Å². The number of rotatable bonds is 11. The molecule has 2 amide bonds. The van der Waals surface area contributed by atoms with Crippen LogP contribution in [0, 0.1) is 5.41 Å². The molecule has 0 aliphatic carbocycles. The summed E-state index contributed by atoms with van der Waals surface area (Å²) in [5, 5.41) is 2.80. The highest BCUT2D eigenvalue weighted by molar-refractivity contribution is 5.92. The highest BCUT2D eigenvalue weighted by Gasteiger charge is 2.37. The quantitative estimate of drug-likeness (QED) is 0.580. The van der Waals surface area contributed by atoms with E-state index in [9.17, 15) is 14.4 Å². The number of aryl methyl sites for hydroxylation is 1. The largest absolute Gasteiger partial charge is 0.369 e. The first-order valence-electron chi connectivity index (χ1n) is 10.1. The monoisotopic (exact) mass is 403 g/mol. The summed E-state index contributed by atoms with van der Waals surface area (Å²) in [6.07, 6.45) is 2.11. The Morgan fingerprint density at radius 3 is 2.55 bits per heavy atom. The zero-order chi connectivity index (χ0) is 21.4. The van der Waals surface area contributed by atoms with Gasteiger partial charge in [-0.3, -0.25) is 14.4 Å². The van der Waals surface area contributed by atoms with E-state index in [1.165, 1.54) is 0 Å². The first-order valence-corrected chi connectivity index (χ1v) is 10.1. The van der Waals surface area contributed by atoms with Gasteiger partial charge in [0.1, 0.15) is 12.6 Å². The molecule has 1 fully saturated rings. The summed E-state index contributed by atoms with van der Waals surface area (Å²) in [6, 6.07) is 9.25. The molecule has 1 aliphatic rings. The molecule has 0 aromatic heterocycles. The van der Waals surface area contributed by atoms with Crippen LogP contribution in [0.5, 0.6) is 0 Å². The van der Waals surface area contributed by atoms with Gasteiger partial charge in [-0.1, -0.05) is 37.3 Å². The lowest BCUT2D eigenvalue weighted by Gasteiger charge is -2.26. The molecular weight excluding hydrogens is 370 g/mol. The van der Waals surface area contributed by atoms with Crippen molar-refractivity contribution in [1.29, 1.82) is 0 Å². The Hall–Kier alpha value is -2.25. The van der Waals surface area contributed by atoms with Crippen LogP contribution in [0.3, 0.4) is 0 Å². The lowest BCUT2D eigenvalue weighted by atomic mass is 9.79. The van der Waals surface area contributed by atoms with Gasteiger partial charge in [0, 0.05) is 18.4 Å². The molecule has 3 unspecified atom stereocenters. The van der Waals surface area contributed by atoms with Crippen molar-refractivity contribution in [2.75, 3.05) is 27.2 Å². The van der Waals surface area contributed by atoms with Crippen LogP contribution in [-0.4, -0.2) is 61.9 Å². The number of hydrogen-bond acceptors (Lipinski definition) is 5. The van der Waals surface area contributed by atoms with Crippen LogP contribution in [-0.2, 0) is 25.5 Å². The van der Waals surface area contributed by atoms with Crippen molar-refractivity contribution in [3.8, 4) is 0 Å². The maximum absolute atomic E-state index is 12.5. The maximum atomic E-state index is 12.5. The Bertz CT molecular complexity index is 707. The number of carbonyl (C=O) groups is 3. The van der Waals surface area contributed by atoms with E-state index in [1.54, 1.807) is 6.92 Å². The smallest absolute Gasteiger partial charge is 0.223 e. The van der Waals surface area contributed by atoms with Gasteiger partial charge in [0.05, 0.1) is 6.10 Å². The van der Waals surface area contributed by atoms with Gasteiger partial charge in [-0.05, 0) is 45.3 Å². The van der Waals surface area contributed by atoms with Gasteiger partial charge >= 0.3 is 0 Å². The minimum absolute atomic E-state index is 0.0269. The van der Waals surface area contributed by atoms with E-state index in [-0.39, 0.29) is 30.8 Å². The van der Waals surface area contributed by atoms with E-state index >= 15 is 0 Å². The Balaban J connectivity index is 1.88. The number of amides is 2. The van der Waals surface area contributed by atoms with E-state index in [2.05, 4.69) is 5.32 Å². The molecule has 160 valence electrons. The second-order valence-corrected chi connectivity index (χ2v) is 8.36. The van der Waals surface area contributed by atoms with Crippen molar-refractivity contribution in [1.82, 2.24) is 10.2 Å². The second kappa shape index (κ2) is 10.5. The van der Waals surface area contributed by atoms with Gasteiger partial charge in [0.15, 0.2) is 5.78 Å². The topological polar surface area (TPSA) is 102 Å². The van der Waals surface area contributed by atoms with E-state index in [0.717, 1.165) is 12.1 Å². The molecule has 7 nitrogen and oxygen atoms in total. The number of ether oxygens (including phenoxy) is 1. The molecule has 0 bridgehead atoms. The first kappa shape index (κ1) is 23.0. The lowest BCUT2D eigenvalue weighted by molar-refractivity contribution is -0.130. The van der Waals surface area contributed by atoms with E-state index in [4.69, 9.17) is 10.5 Å². The molecule has 29 heavy (non-hydrogen) atoms. The number of nitrogens with two attached hydrogens (primary N) is 1. The van der Waals surface area contributed by atoms with E-state index in [1.807, 2.05) is 49.3 Å². The predicted molar refractivity (Wildman–Crippen MR) is 111 cm³/mol. The summed E-state index contributed by atoms with van der Waals surface area (Å²) in [5.41, 5.74) is 5.99.